The van der Waals surface area contributed by atoms with Crippen molar-refractivity contribution >= 4 is 0 Å². The van der Waals surface area contributed by atoms with Crippen molar-refractivity contribution in [2.75, 3.05) is 19.8 Å². The summed E-state index contributed by atoms with van der Waals surface area (Å²) in [5.41, 5.74) is -0.655. The van der Waals surface area contributed by atoms with Gasteiger partial charge in [0.15, 0.2) is 5.54 Å². The summed E-state index contributed by atoms with van der Waals surface area (Å²) < 4.78 is 5.12. The van der Waals surface area contributed by atoms with E-state index in [9.17, 15) is 0 Å². The minimum absolute atomic E-state index is 0.417. The minimum atomic E-state index is -0.655. The Kier molecular flexibility index (Phi) is 1.97. The Morgan fingerprint density at radius 1 is 1.40 bits per heavy atom. The van der Waals surface area contributed by atoms with Gasteiger partial charge in [0.05, 0.1) is 13.2 Å². The third-order valence-electron chi connectivity index (χ3n) is 1.48. The zero-order chi connectivity index (χ0) is 7.45. The van der Waals surface area contributed by atoms with Crippen LogP contribution in [0, 0.1) is 24.7 Å². The number of nitrogens with one attached hydrogen (secondary N) is 1. The minimum Gasteiger partial charge on any atom is -0.376 e. The molecule has 0 aliphatic carbocycles. The molecular formula is C8H9NO. The molecule has 0 amide bonds. The highest BCUT2D eigenvalue weighted by molar-refractivity contribution is 5.29. The molecule has 1 N–H and O–H groups in total. The molecule has 0 radical (unpaired) electrons. The van der Waals surface area contributed by atoms with Gasteiger partial charge >= 0.3 is 0 Å². The van der Waals surface area contributed by atoms with Gasteiger partial charge in [0, 0.05) is 6.54 Å². The van der Waals surface area contributed by atoms with Gasteiger partial charge in [0.25, 0.3) is 0 Å². The highest BCUT2D eigenvalue weighted by Gasteiger charge is 2.27. The van der Waals surface area contributed by atoms with Gasteiger partial charge in [-0.25, -0.2) is 0 Å². The summed E-state index contributed by atoms with van der Waals surface area (Å²) in [7, 11) is 0. The first-order valence-corrected chi connectivity index (χ1v) is 3.11. The van der Waals surface area contributed by atoms with Crippen molar-refractivity contribution in [1.29, 1.82) is 0 Å². The smallest absolute Gasteiger partial charge is 0.165 e. The first-order chi connectivity index (χ1) is 4.83. The number of morpholine rings is 1. The van der Waals surface area contributed by atoms with E-state index in [1.807, 2.05) is 0 Å². The molecule has 1 aliphatic rings. The molecular weight excluding hydrogens is 126 g/mol. The largest absolute Gasteiger partial charge is 0.376 e. The SMILES string of the molecule is C#CC1(C#C)COCCN1. The monoisotopic (exact) mass is 135 g/mol. The van der Waals surface area contributed by atoms with Gasteiger partial charge in [-0.15, -0.1) is 12.8 Å². The van der Waals surface area contributed by atoms with Gasteiger partial charge in [-0.3, -0.25) is 5.32 Å². The highest BCUT2D eigenvalue weighted by atomic mass is 16.5. The van der Waals surface area contributed by atoms with Crippen molar-refractivity contribution in [3.8, 4) is 24.7 Å². The third kappa shape index (κ3) is 1.14. The fourth-order valence-electron chi connectivity index (χ4n) is 0.840. The summed E-state index contributed by atoms with van der Waals surface area (Å²) in [6.45, 7) is 1.83. The zero-order valence-electron chi connectivity index (χ0n) is 5.68. The average molecular weight is 135 g/mol. The molecule has 0 unspecified atom stereocenters. The van der Waals surface area contributed by atoms with Crippen LogP contribution in [-0.2, 0) is 4.74 Å². The Morgan fingerprint density at radius 3 is 2.40 bits per heavy atom. The van der Waals surface area contributed by atoms with Crippen molar-refractivity contribution in [2.24, 2.45) is 0 Å². The van der Waals surface area contributed by atoms with Crippen LogP contribution in [0.1, 0.15) is 0 Å². The molecule has 1 aliphatic heterocycles. The molecule has 1 fully saturated rings. The maximum Gasteiger partial charge on any atom is 0.165 e. The van der Waals surface area contributed by atoms with E-state index in [0.717, 1.165) is 6.54 Å². The van der Waals surface area contributed by atoms with Crippen molar-refractivity contribution in [3.05, 3.63) is 0 Å². The highest BCUT2D eigenvalue weighted by Crippen LogP contribution is 2.05. The molecule has 10 heavy (non-hydrogen) atoms. The van der Waals surface area contributed by atoms with Gasteiger partial charge < -0.3 is 4.74 Å². The van der Waals surface area contributed by atoms with E-state index < -0.39 is 5.54 Å². The molecule has 2 nitrogen and oxygen atoms in total. The van der Waals surface area contributed by atoms with Gasteiger partial charge in [0.1, 0.15) is 0 Å². The average Bonchev–Trinajstić information content (AvgIpc) is 2.06. The summed E-state index contributed by atoms with van der Waals surface area (Å²) in [5, 5.41) is 3.03. The molecule has 0 aromatic rings. The van der Waals surface area contributed by atoms with Crippen LogP contribution in [0.5, 0.6) is 0 Å². The lowest BCUT2D eigenvalue weighted by Crippen LogP contribution is -2.52. The standard InChI is InChI=1S/C8H9NO/c1-3-8(4-2)7-10-6-5-9-8/h1-2,9H,5-7H2. The molecule has 2 heteroatoms. The van der Waals surface area contributed by atoms with Crippen molar-refractivity contribution < 1.29 is 4.74 Å². The molecule has 52 valence electrons. The summed E-state index contributed by atoms with van der Waals surface area (Å²) in [5.74, 6) is 4.99. The van der Waals surface area contributed by atoms with Crippen LogP contribution in [0.3, 0.4) is 0 Å². The molecule has 0 atom stereocenters. The normalized spacial score (nSPS) is 22.6. The maximum absolute atomic E-state index is 5.21. The Bertz CT molecular complexity index is 174. The number of hydrogen-bond donors (Lipinski definition) is 1. The maximum atomic E-state index is 5.21. The Morgan fingerprint density at radius 2 is 2.10 bits per heavy atom. The van der Waals surface area contributed by atoms with E-state index in [0.29, 0.717) is 13.2 Å². The molecule has 1 rings (SSSR count). The summed E-state index contributed by atoms with van der Waals surface area (Å²) in [6.07, 6.45) is 10.4. The lowest BCUT2D eigenvalue weighted by molar-refractivity contribution is 0.0723. The van der Waals surface area contributed by atoms with Gasteiger partial charge in [-0.05, 0) is 0 Å². The lowest BCUT2D eigenvalue weighted by Gasteiger charge is -2.28. The first-order valence-electron chi connectivity index (χ1n) is 3.11. The topological polar surface area (TPSA) is 21.3 Å². The summed E-state index contributed by atoms with van der Waals surface area (Å²) in [4.78, 5) is 0. The predicted molar refractivity (Wildman–Crippen MR) is 39.2 cm³/mol. The molecule has 0 saturated carbocycles. The predicted octanol–water partition coefficient (Wildman–Crippen LogP) is -0.389. The summed E-state index contributed by atoms with van der Waals surface area (Å²) in [6, 6.07) is 0. The van der Waals surface area contributed by atoms with E-state index in [2.05, 4.69) is 17.2 Å². The Balaban J connectivity index is 2.67. The van der Waals surface area contributed by atoms with Crippen LogP contribution < -0.4 is 5.32 Å². The van der Waals surface area contributed by atoms with Gasteiger partial charge in [-0.2, -0.15) is 0 Å². The van der Waals surface area contributed by atoms with Gasteiger partial charge in [-0.1, -0.05) is 11.8 Å². The van der Waals surface area contributed by atoms with Crippen LogP contribution in [-0.4, -0.2) is 25.3 Å². The fourth-order valence-corrected chi connectivity index (χ4v) is 0.840. The Hall–Kier alpha value is -0.960. The van der Waals surface area contributed by atoms with Crippen LogP contribution >= 0.6 is 0 Å². The van der Waals surface area contributed by atoms with E-state index in [1.165, 1.54) is 0 Å². The molecule has 0 aromatic carbocycles. The number of terminal acetylenes is 2. The summed E-state index contributed by atoms with van der Waals surface area (Å²) >= 11 is 0. The zero-order valence-corrected chi connectivity index (χ0v) is 5.68. The number of ether oxygens (including phenoxy) is 1. The van der Waals surface area contributed by atoms with Crippen molar-refractivity contribution in [3.63, 3.8) is 0 Å². The van der Waals surface area contributed by atoms with Crippen LogP contribution in [0.2, 0.25) is 0 Å². The van der Waals surface area contributed by atoms with E-state index in [4.69, 9.17) is 17.6 Å². The number of rotatable bonds is 0. The van der Waals surface area contributed by atoms with E-state index in [1.54, 1.807) is 0 Å². The molecule has 1 saturated heterocycles. The Labute approximate surface area is 60.9 Å². The van der Waals surface area contributed by atoms with Crippen LogP contribution in [0.25, 0.3) is 0 Å². The van der Waals surface area contributed by atoms with E-state index in [-0.39, 0.29) is 0 Å². The third-order valence-corrected chi connectivity index (χ3v) is 1.48. The quantitative estimate of drug-likeness (QED) is 0.457. The van der Waals surface area contributed by atoms with E-state index >= 15 is 0 Å². The second-order valence-corrected chi connectivity index (χ2v) is 2.17. The lowest BCUT2D eigenvalue weighted by atomic mass is 10.0. The molecule has 0 spiro atoms. The second kappa shape index (κ2) is 2.75. The van der Waals surface area contributed by atoms with Crippen molar-refractivity contribution in [1.82, 2.24) is 5.32 Å². The number of hydrogen-bond acceptors (Lipinski definition) is 2. The van der Waals surface area contributed by atoms with Crippen LogP contribution in [0.15, 0.2) is 0 Å². The van der Waals surface area contributed by atoms with Crippen molar-refractivity contribution in [2.45, 2.75) is 5.54 Å². The molecule has 1 heterocycles. The second-order valence-electron chi connectivity index (χ2n) is 2.17. The molecule has 0 bridgehead atoms. The molecule has 0 aromatic heterocycles. The van der Waals surface area contributed by atoms with Gasteiger partial charge in [0.2, 0.25) is 0 Å². The fraction of sp³-hybridized carbons (Fsp3) is 0.500. The first kappa shape index (κ1) is 7.15. The van der Waals surface area contributed by atoms with Crippen LogP contribution in [0.4, 0.5) is 0 Å².